The van der Waals surface area contributed by atoms with Crippen molar-refractivity contribution < 1.29 is 0 Å². The number of benzene rings is 2. The van der Waals surface area contributed by atoms with Crippen LogP contribution >= 0.6 is 23.8 Å². The fraction of sp³-hybridized carbons (Fsp3) is 0.111. The zero-order chi connectivity index (χ0) is 18.1. The van der Waals surface area contributed by atoms with Crippen molar-refractivity contribution in [1.29, 1.82) is 0 Å². The first-order valence-corrected chi connectivity index (χ1v) is 8.89. The number of aryl methyl sites for hydroxylation is 1. The Balaban J connectivity index is 1.65. The highest BCUT2D eigenvalue weighted by Gasteiger charge is 2.22. The molecule has 0 atom stereocenters. The molecule has 3 aromatic rings. The summed E-state index contributed by atoms with van der Waals surface area (Å²) in [6.07, 6.45) is 1.84. The second-order valence-electron chi connectivity index (χ2n) is 6.01. The second-order valence-corrected chi connectivity index (χ2v) is 6.81. The number of nitrogens with zero attached hydrogens (tertiary/aromatic N) is 3. The normalized spacial score (nSPS) is 13.6. The van der Waals surface area contributed by atoms with Crippen LogP contribution in [0.15, 0.2) is 59.8 Å². The average molecular weight is 385 g/mol. The number of rotatable bonds is 4. The lowest BCUT2D eigenvalue weighted by Crippen LogP contribution is -2.40. The van der Waals surface area contributed by atoms with Gasteiger partial charge in [-0.1, -0.05) is 65.8 Å². The van der Waals surface area contributed by atoms with Gasteiger partial charge < -0.3 is 0 Å². The maximum Gasteiger partial charge on any atom is 0.177 e. The van der Waals surface area contributed by atoms with Crippen LogP contribution in [-0.2, 0) is 6.54 Å². The van der Waals surface area contributed by atoms with Crippen molar-refractivity contribution in [3.05, 3.63) is 81.1 Å². The summed E-state index contributed by atoms with van der Waals surface area (Å²) in [4.78, 5) is 0. The Morgan fingerprint density at radius 2 is 2.00 bits per heavy atom. The predicted octanol–water partition coefficient (Wildman–Crippen LogP) is 3.68. The van der Waals surface area contributed by atoms with Crippen LogP contribution in [0.4, 0.5) is 0 Å². The summed E-state index contributed by atoms with van der Waals surface area (Å²) >= 11 is 11.9. The number of aromatic nitrogens is 2. The van der Waals surface area contributed by atoms with E-state index in [9.17, 15) is 0 Å². The molecule has 3 N–H and O–H groups in total. The van der Waals surface area contributed by atoms with Crippen molar-refractivity contribution in [2.24, 2.45) is 5.10 Å². The lowest BCUT2D eigenvalue weighted by molar-refractivity contribution is 0.288. The molecule has 8 heteroatoms. The number of hydrogen-bond donors (Lipinski definition) is 3. The van der Waals surface area contributed by atoms with E-state index in [2.05, 4.69) is 46.4 Å². The van der Waals surface area contributed by atoms with Gasteiger partial charge in [-0.05, 0) is 24.6 Å². The number of nitrogens with one attached hydrogen (secondary N) is 3. The van der Waals surface area contributed by atoms with Crippen molar-refractivity contribution in [2.75, 3.05) is 0 Å². The van der Waals surface area contributed by atoms with E-state index in [1.54, 1.807) is 4.68 Å². The molecule has 0 unspecified atom stereocenters. The van der Waals surface area contributed by atoms with E-state index < -0.39 is 0 Å². The molecule has 1 aromatic heterocycles. The molecule has 1 aliphatic heterocycles. The quantitative estimate of drug-likeness (QED) is 0.600. The summed E-state index contributed by atoms with van der Waals surface area (Å²) in [5, 5.41) is 10.1. The van der Waals surface area contributed by atoms with Gasteiger partial charge in [-0.25, -0.2) is 10.2 Å². The number of para-hydroxylation sites is 1. The van der Waals surface area contributed by atoms with E-state index in [0.29, 0.717) is 16.2 Å². The van der Waals surface area contributed by atoms with Gasteiger partial charge in [0.1, 0.15) is 4.64 Å². The molecule has 2 heterocycles. The maximum absolute atomic E-state index is 6.30. The van der Waals surface area contributed by atoms with Gasteiger partial charge in [0.2, 0.25) is 0 Å². The predicted molar refractivity (Wildman–Crippen MR) is 105 cm³/mol. The summed E-state index contributed by atoms with van der Waals surface area (Å²) in [5.41, 5.74) is 9.86. The highest BCUT2D eigenvalue weighted by molar-refractivity contribution is 7.71. The van der Waals surface area contributed by atoms with Crippen LogP contribution in [0.5, 0.6) is 0 Å². The first-order chi connectivity index (χ1) is 12.6. The van der Waals surface area contributed by atoms with Gasteiger partial charge in [-0.3, -0.25) is 10.1 Å². The number of hydrazine groups is 2. The molecule has 6 nitrogen and oxygen atoms in total. The van der Waals surface area contributed by atoms with E-state index in [-0.39, 0.29) is 0 Å². The van der Waals surface area contributed by atoms with Gasteiger partial charge in [-0.15, -0.1) is 10.6 Å². The second kappa shape index (κ2) is 6.95. The highest BCUT2D eigenvalue weighted by atomic mass is 35.5. The van der Waals surface area contributed by atoms with Gasteiger partial charge in [0.15, 0.2) is 5.84 Å². The van der Waals surface area contributed by atoms with Crippen LogP contribution in [0.3, 0.4) is 0 Å². The summed E-state index contributed by atoms with van der Waals surface area (Å²) in [6, 6.07) is 15.9. The Kier molecular flexibility index (Phi) is 4.50. The van der Waals surface area contributed by atoms with Crippen molar-refractivity contribution in [3.8, 4) is 5.69 Å². The maximum atomic E-state index is 6.30. The molecule has 0 radical (unpaired) electrons. The third-order valence-corrected chi connectivity index (χ3v) is 4.85. The van der Waals surface area contributed by atoms with E-state index in [0.717, 1.165) is 17.1 Å². The zero-order valence-electron chi connectivity index (χ0n) is 14.0. The molecule has 0 saturated heterocycles. The molecule has 4 rings (SSSR count). The minimum Gasteiger partial charge on any atom is -0.299 e. The molecule has 2 aromatic carbocycles. The summed E-state index contributed by atoms with van der Waals surface area (Å²) in [5.74, 6) is 0.721. The number of aromatic amines is 1. The lowest BCUT2D eigenvalue weighted by atomic mass is 10.1. The van der Waals surface area contributed by atoms with Crippen molar-refractivity contribution in [2.45, 2.75) is 13.5 Å². The van der Waals surface area contributed by atoms with Crippen molar-refractivity contribution in [1.82, 2.24) is 25.9 Å². The van der Waals surface area contributed by atoms with Crippen LogP contribution in [0.2, 0.25) is 5.02 Å². The van der Waals surface area contributed by atoms with Crippen LogP contribution in [0.25, 0.3) is 5.69 Å². The van der Waals surface area contributed by atoms with Gasteiger partial charge in [0.25, 0.3) is 0 Å². The number of hydrogen-bond acceptors (Lipinski definition) is 5. The minimum absolute atomic E-state index is 0.608. The molecular formula is C18H17ClN6S. The summed E-state index contributed by atoms with van der Waals surface area (Å²) < 4.78 is 2.38. The van der Waals surface area contributed by atoms with E-state index in [1.807, 2.05) is 41.5 Å². The first kappa shape index (κ1) is 16.8. The van der Waals surface area contributed by atoms with Gasteiger partial charge in [-0.2, -0.15) is 0 Å². The zero-order valence-corrected chi connectivity index (χ0v) is 15.6. The van der Waals surface area contributed by atoms with Crippen molar-refractivity contribution in [3.63, 3.8) is 0 Å². The number of amidine groups is 1. The number of hydrazone groups is 1. The lowest BCUT2D eigenvalue weighted by Gasteiger charge is -2.18. The SMILES string of the molecule is Cc1cccc(CN2NNN=C2c2c[nH]n(-c3ccccc3Cl)c2=S)c1. The van der Waals surface area contributed by atoms with Crippen LogP contribution in [-0.4, -0.2) is 20.6 Å². The molecular weight excluding hydrogens is 368 g/mol. The molecule has 0 saturated carbocycles. The van der Waals surface area contributed by atoms with Crippen LogP contribution in [0.1, 0.15) is 16.7 Å². The van der Waals surface area contributed by atoms with Gasteiger partial charge in [0.05, 0.1) is 22.8 Å². The molecule has 0 amide bonds. The fourth-order valence-electron chi connectivity index (χ4n) is 2.91. The Morgan fingerprint density at radius 1 is 1.15 bits per heavy atom. The average Bonchev–Trinajstić information content (AvgIpc) is 3.22. The van der Waals surface area contributed by atoms with Crippen LogP contribution in [0, 0.1) is 11.6 Å². The molecule has 26 heavy (non-hydrogen) atoms. The van der Waals surface area contributed by atoms with E-state index >= 15 is 0 Å². The minimum atomic E-state index is 0.608. The smallest absolute Gasteiger partial charge is 0.177 e. The van der Waals surface area contributed by atoms with E-state index in [1.165, 1.54) is 11.1 Å². The molecule has 0 bridgehead atoms. The Labute approximate surface area is 161 Å². The standard InChI is InChI=1S/C18H17ClN6S/c1-12-5-4-6-13(9-12)11-24-17(21-22-23-24)14-10-20-25(18(14)26)16-8-3-2-7-15(16)19/h2-10,20,22-23H,11H2,1H3. The molecule has 132 valence electrons. The monoisotopic (exact) mass is 384 g/mol. The molecule has 0 spiro atoms. The Bertz CT molecular complexity index is 1040. The number of H-pyrrole nitrogens is 1. The summed E-state index contributed by atoms with van der Waals surface area (Å²) in [6.45, 7) is 2.73. The van der Waals surface area contributed by atoms with Crippen molar-refractivity contribution >= 4 is 29.7 Å². The largest absolute Gasteiger partial charge is 0.299 e. The van der Waals surface area contributed by atoms with Gasteiger partial charge >= 0.3 is 0 Å². The highest BCUT2D eigenvalue weighted by Crippen LogP contribution is 2.21. The molecule has 0 fully saturated rings. The van der Waals surface area contributed by atoms with E-state index in [4.69, 9.17) is 23.8 Å². The molecule has 1 aliphatic rings. The van der Waals surface area contributed by atoms with Crippen LogP contribution < -0.4 is 11.1 Å². The fourth-order valence-corrected chi connectivity index (χ4v) is 3.43. The Morgan fingerprint density at radius 3 is 2.81 bits per heavy atom. The Hall–Kier alpha value is -2.61. The third kappa shape index (κ3) is 3.12. The first-order valence-electron chi connectivity index (χ1n) is 8.10. The number of halogens is 1. The third-order valence-electron chi connectivity index (χ3n) is 4.13. The topological polar surface area (TPSA) is 60.4 Å². The summed E-state index contributed by atoms with van der Waals surface area (Å²) in [7, 11) is 0. The molecule has 0 aliphatic carbocycles. The van der Waals surface area contributed by atoms with Gasteiger partial charge in [0, 0.05) is 6.20 Å².